The van der Waals surface area contributed by atoms with Gasteiger partial charge in [-0.2, -0.15) is 11.3 Å². The van der Waals surface area contributed by atoms with Crippen LogP contribution < -0.4 is 0 Å². The van der Waals surface area contributed by atoms with Crippen LogP contribution >= 0.6 is 27.3 Å². The van der Waals surface area contributed by atoms with E-state index in [4.69, 9.17) is 4.74 Å². The minimum atomic E-state index is -0.568. The second kappa shape index (κ2) is 4.53. The van der Waals surface area contributed by atoms with Crippen LogP contribution in [0.4, 0.5) is 0 Å². The zero-order chi connectivity index (χ0) is 11.8. The van der Waals surface area contributed by atoms with E-state index in [1.165, 1.54) is 11.1 Å². The molecule has 1 N–H and O–H groups in total. The number of hydrogen-bond donors (Lipinski definition) is 1. The lowest BCUT2D eigenvalue weighted by Gasteiger charge is -2.11. The van der Waals surface area contributed by atoms with Crippen LogP contribution in [0.25, 0.3) is 0 Å². The molecule has 3 rings (SSSR count). The van der Waals surface area contributed by atoms with E-state index in [0.717, 1.165) is 15.6 Å². The van der Waals surface area contributed by atoms with Crippen LogP contribution in [-0.2, 0) is 18.0 Å². The molecule has 88 valence electrons. The average molecular weight is 311 g/mol. The van der Waals surface area contributed by atoms with Crippen molar-refractivity contribution in [3.63, 3.8) is 0 Å². The first-order valence-corrected chi connectivity index (χ1v) is 7.08. The molecule has 4 heteroatoms. The molecule has 0 radical (unpaired) electrons. The first-order chi connectivity index (χ1) is 8.25. The van der Waals surface area contributed by atoms with Crippen LogP contribution in [0, 0.1) is 0 Å². The molecule has 1 aromatic carbocycles. The predicted octanol–water partition coefficient (Wildman–Crippen LogP) is 3.62. The van der Waals surface area contributed by atoms with E-state index in [1.54, 1.807) is 11.3 Å². The highest BCUT2D eigenvalue weighted by Gasteiger charge is 2.18. The van der Waals surface area contributed by atoms with E-state index in [1.807, 2.05) is 29.0 Å². The van der Waals surface area contributed by atoms with Crippen LogP contribution in [0.3, 0.4) is 0 Å². The van der Waals surface area contributed by atoms with Gasteiger partial charge in [0.2, 0.25) is 0 Å². The number of fused-ring (bicyclic) bond motifs is 1. The Balaban J connectivity index is 1.97. The molecule has 1 atom stereocenters. The molecule has 1 unspecified atom stereocenters. The summed E-state index contributed by atoms with van der Waals surface area (Å²) in [5, 5.41) is 14.3. The van der Waals surface area contributed by atoms with Crippen molar-refractivity contribution in [1.29, 1.82) is 0 Å². The summed E-state index contributed by atoms with van der Waals surface area (Å²) in [5.41, 5.74) is 4.26. The van der Waals surface area contributed by atoms with Gasteiger partial charge in [-0.25, -0.2) is 0 Å². The lowest BCUT2D eigenvalue weighted by atomic mass is 10.00. The topological polar surface area (TPSA) is 29.5 Å². The first-order valence-electron chi connectivity index (χ1n) is 5.35. The number of aliphatic hydroxyl groups is 1. The third-order valence-corrected chi connectivity index (χ3v) is 4.75. The molecule has 0 aliphatic carbocycles. The van der Waals surface area contributed by atoms with Gasteiger partial charge in [0.25, 0.3) is 0 Å². The summed E-state index contributed by atoms with van der Waals surface area (Å²) < 4.78 is 6.34. The van der Waals surface area contributed by atoms with Crippen molar-refractivity contribution in [1.82, 2.24) is 0 Å². The van der Waals surface area contributed by atoms with Crippen molar-refractivity contribution in [2.45, 2.75) is 19.3 Å². The molecule has 0 saturated heterocycles. The molecule has 0 bridgehead atoms. The summed E-state index contributed by atoms with van der Waals surface area (Å²) in [7, 11) is 0. The first kappa shape index (κ1) is 11.4. The Bertz CT molecular complexity index is 550. The van der Waals surface area contributed by atoms with E-state index in [0.29, 0.717) is 13.2 Å². The van der Waals surface area contributed by atoms with Crippen molar-refractivity contribution in [2.24, 2.45) is 0 Å². The fraction of sp³-hybridized carbons (Fsp3) is 0.231. The third-order valence-electron chi connectivity index (χ3n) is 3.00. The van der Waals surface area contributed by atoms with Crippen molar-refractivity contribution < 1.29 is 9.84 Å². The molecule has 2 aromatic rings. The number of rotatable bonds is 2. The molecule has 1 aromatic heterocycles. The summed E-state index contributed by atoms with van der Waals surface area (Å²) >= 11 is 5.04. The van der Waals surface area contributed by atoms with Gasteiger partial charge in [-0.15, -0.1) is 0 Å². The Labute approximate surface area is 112 Å². The van der Waals surface area contributed by atoms with Gasteiger partial charge >= 0.3 is 0 Å². The molecular formula is C13H11BrO2S. The number of thiophene rings is 1. The Morgan fingerprint density at radius 3 is 2.82 bits per heavy atom. The van der Waals surface area contributed by atoms with Crippen LogP contribution in [0.2, 0.25) is 0 Å². The van der Waals surface area contributed by atoms with Gasteiger partial charge in [-0.05, 0) is 38.0 Å². The summed E-state index contributed by atoms with van der Waals surface area (Å²) in [6.45, 7) is 1.34. The van der Waals surface area contributed by atoms with E-state index in [9.17, 15) is 5.11 Å². The van der Waals surface area contributed by atoms with Gasteiger partial charge in [0, 0.05) is 15.4 Å². The summed E-state index contributed by atoms with van der Waals surface area (Å²) in [4.78, 5) is 0. The summed E-state index contributed by atoms with van der Waals surface area (Å²) in [6, 6.07) is 6.06. The molecular weight excluding hydrogens is 300 g/mol. The maximum atomic E-state index is 10.3. The lowest BCUT2D eigenvalue weighted by molar-refractivity contribution is 0.134. The highest BCUT2D eigenvalue weighted by Crippen LogP contribution is 2.33. The predicted molar refractivity (Wildman–Crippen MR) is 71.0 cm³/mol. The van der Waals surface area contributed by atoms with Crippen LogP contribution in [0.1, 0.15) is 28.4 Å². The Hall–Kier alpha value is -0.680. The second-order valence-corrected chi connectivity index (χ2v) is 5.70. The maximum Gasteiger partial charge on any atom is 0.106 e. The van der Waals surface area contributed by atoms with E-state index in [2.05, 4.69) is 15.9 Å². The van der Waals surface area contributed by atoms with Crippen LogP contribution in [0.15, 0.2) is 33.4 Å². The number of ether oxygens (including phenoxy) is 1. The number of aliphatic hydroxyl groups excluding tert-OH is 1. The molecule has 0 fully saturated rings. The quantitative estimate of drug-likeness (QED) is 0.918. The van der Waals surface area contributed by atoms with Gasteiger partial charge in [-0.1, -0.05) is 18.2 Å². The minimum absolute atomic E-state index is 0.568. The highest BCUT2D eigenvalue weighted by atomic mass is 79.9. The van der Waals surface area contributed by atoms with Crippen molar-refractivity contribution in [3.8, 4) is 0 Å². The van der Waals surface area contributed by atoms with Crippen LogP contribution in [-0.4, -0.2) is 5.11 Å². The average Bonchev–Trinajstić information content (AvgIpc) is 2.95. The lowest BCUT2D eigenvalue weighted by Crippen LogP contribution is -2.00. The molecule has 0 saturated carbocycles. The molecule has 0 amide bonds. The summed E-state index contributed by atoms with van der Waals surface area (Å²) in [5.74, 6) is 0. The Kier molecular flexibility index (Phi) is 3.04. The van der Waals surface area contributed by atoms with Crippen LogP contribution in [0.5, 0.6) is 0 Å². The largest absolute Gasteiger partial charge is 0.384 e. The van der Waals surface area contributed by atoms with Gasteiger partial charge < -0.3 is 9.84 Å². The smallest absolute Gasteiger partial charge is 0.106 e. The van der Waals surface area contributed by atoms with Crippen molar-refractivity contribution in [2.75, 3.05) is 0 Å². The number of halogens is 1. The molecule has 2 heterocycles. The van der Waals surface area contributed by atoms with Gasteiger partial charge in [-0.3, -0.25) is 0 Å². The normalized spacial score (nSPS) is 15.9. The van der Waals surface area contributed by atoms with E-state index in [-0.39, 0.29) is 0 Å². The van der Waals surface area contributed by atoms with Crippen molar-refractivity contribution >= 4 is 27.3 Å². The Morgan fingerprint density at radius 1 is 1.24 bits per heavy atom. The number of hydrogen-bond acceptors (Lipinski definition) is 3. The standard InChI is InChI=1S/C13H11BrO2S/c14-12-7-17-6-11(12)13(15)8-1-2-9-4-16-5-10(9)3-8/h1-3,6-7,13,15H,4-5H2. The second-order valence-electron chi connectivity index (χ2n) is 4.10. The Morgan fingerprint density at radius 2 is 2.06 bits per heavy atom. The third kappa shape index (κ3) is 2.06. The maximum absolute atomic E-state index is 10.3. The fourth-order valence-electron chi connectivity index (χ4n) is 2.03. The number of benzene rings is 1. The van der Waals surface area contributed by atoms with Gasteiger partial charge in [0.05, 0.1) is 13.2 Å². The van der Waals surface area contributed by atoms with E-state index >= 15 is 0 Å². The van der Waals surface area contributed by atoms with E-state index < -0.39 is 6.10 Å². The highest BCUT2D eigenvalue weighted by molar-refractivity contribution is 9.10. The molecule has 0 spiro atoms. The van der Waals surface area contributed by atoms with Gasteiger partial charge in [0.15, 0.2) is 0 Å². The van der Waals surface area contributed by atoms with Gasteiger partial charge in [0.1, 0.15) is 6.10 Å². The monoisotopic (exact) mass is 310 g/mol. The zero-order valence-electron chi connectivity index (χ0n) is 9.02. The SMILES string of the molecule is OC(c1ccc2c(c1)COC2)c1cscc1Br. The summed E-state index contributed by atoms with van der Waals surface area (Å²) in [6.07, 6.45) is -0.568. The molecule has 1 aliphatic heterocycles. The fourth-order valence-corrected chi connectivity index (χ4v) is 3.56. The zero-order valence-corrected chi connectivity index (χ0v) is 11.4. The van der Waals surface area contributed by atoms with Crippen molar-refractivity contribution in [3.05, 3.63) is 55.7 Å². The molecule has 2 nitrogen and oxygen atoms in total. The minimum Gasteiger partial charge on any atom is -0.384 e. The molecule has 17 heavy (non-hydrogen) atoms. The molecule has 1 aliphatic rings.